The molecule has 0 aliphatic carbocycles. The molecule has 1 fully saturated rings. The number of rotatable bonds is 14. The van der Waals surface area contributed by atoms with Crippen LogP contribution in [0.15, 0.2) is 42.5 Å². The molecule has 1 heterocycles. The van der Waals surface area contributed by atoms with E-state index in [2.05, 4.69) is 17.9 Å². The monoisotopic (exact) mass is 508 g/mol. The molecule has 0 saturated carbocycles. The van der Waals surface area contributed by atoms with Crippen LogP contribution in [0, 0.1) is 23.1 Å². The average Bonchev–Trinajstić information content (AvgIpc) is 2.94. The Bertz CT molecular complexity index is 1040. The van der Waals surface area contributed by atoms with Crippen molar-refractivity contribution in [3.63, 3.8) is 0 Å². The van der Waals surface area contributed by atoms with Gasteiger partial charge in [-0.25, -0.2) is 4.39 Å². The van der Waals surface area contributed by atoms with E-state index in [4.69, 9.17) is 9.47 Å². The van der Waals surface area contributed by atoms with Gasteiger partial charge in [-0.3, -0.25) is 4.79 Å². The summed E-state index contributed by atoms with van der Waals surface area (Å²) in [6.45, 7) is 4.83. The molecule has 2 aromatic rings. The molecular weight excluding hydrogens is 467 g/mol. The molecular formula is C31H41FN2O3. The number of ether oxygens (including phenoxy) is 2. The Labute approximate surface area is 221 Å². The third-order valence-corrected chi connectivity index (χ3v) is 7.77. The standard InChI is InChI=1S/C31H41FN2O3/c1-4-5-6-7-17-31(23-33,26-11-14-28(36-2)29(22-26)37-3)18-8-19-34-20-15-25(16-21-34)30(35)24-9-12-27(32)13-10-24/h9-14,22,25H,4-8,15-21H2,1-3H3. The van der Waals surface area contributed by atoms with Gasteiger partial charge in [0.2, 0.25) is 0 Å². The predicted molar refractivity (Wildman–Crippen MR) is 145 cm³/mol. The summed E-state index contributed by atoms with van der Waals surface area (Å²) in [6, 6.07) is 14.4. The second-order valence-electron chi connectivity index (χ2n) is 10.2. The van der Waals surface area contributed by atoms with Crippen LogP contribution in [-0.2, 0) is 5.41 Å². The number of hydrogen-bond acceptors (Lipinski definition) is 5. The van der Waals surface area contributed by atoms with Gasteiger partial charge in [-0.2, -0.15) is 5.26 Å². The molecule has 2 aromatic carbocycles. The summed E-state index contributed by atoms with van der Waals surface area (Å²) in [5, 5.41) is 10.4. The van der Waals surface area contributed by atoms with Crippen molar-refractivity contribution in [2.24, 2.45) is 5.92 Å². The number of methoxy groups -OCH3 is 2. The zero-order valence-electron chi connectivity index (χ0n) is 22.6. The number of likely N-dealkylation sites (tertiary alicyclic amines) is 1. The fourth-order valence-electron chi connectivity index (χ4n) is 5.45. The molecule has 1 unspecified atom stereocenters. The van der Waals surface area contributed by atoms with Crippen LogP contribution in [0.2, 0.25) is 0 Å². The molecule has 0 amide bonds. The zero-order chi connectivity index (χ0) is 26.7. The molecule has 6 heteroatoms. The van der Waals surface area contributed by atoms with E-state index in [0.717, 1.165) is 76.6 Å². The average molecular weight is 509 g/mol. The van der Waals surface area contributed by atoms with Crippen molar-refractivity contribution in [2.45, 2.75) is 70.1 Å². The first-order valence-electron chi connectivity index (χ1n) is 13.6. The molecule has 3 rings (SSSR count). The molecule has 1 saturated heterocycles. The molecule has 0 N–H and O–H groups in total. The van der Waals surface area contributed by atoms with Gasteiger partial charge in [0.15, 0.2) is 17.3 Å². The van der Waals surface area contributed by atoms with E-state index in [1.807, 2.05) is 18.2 Å². The van der Waals surface area contributed by atoms with Crippen LogP contribution in [0.25, 0.3) is 0 Å². The molecule has 0 aromatic heterocycles. The van der Waals surface area contributed by atoms with Crippen LogP contribution in [0.4, 0.5) is 4.39 Å². The predicted octanol–water partition coefficient (Wildman–Crippen LogP) is 6.95. The number of benzene rings is 2. The van der Waals surface area contributed by atoms with Crippen molar-refractivity contribution in [2.75, 3.05) is 33.9 Å². The number of hydrogen-bond donors (Lipinski definition) is 0. The van der Waals surface area contributed by atoms with Gasteiger partial charge in [-0.05, 0) is 93.7 Å². The summed E-state index contributed by atoms with van der Waals surface area (Å²) in [5.74, 6) is 1.11. The number of Topliss-reactive ketones (excluding diaryl/α,β-unsaturated/α-hetero) is 1. The maximum absolute atomic E-state index is 13.2. The van der Waals surface area contributed by atoms with Gasteiger partial charge in [0.1, 0.15) is 5.82 Å². The smallest absolute Gasteiger partial charge is 0.166 e. The molecule has 37 heavy (non-hydrogen) atoms. The molecule has 5 nitrogen and oxygen atoms in total. The Morgan fingerprint density at radius 3 is 2.30 bits per heavy atom. The van der Waals surface area contributed by atoms with Crippen LogP contribution >= 0.6 is 0 Å². The van der Waals surface area contributed by atoms with E-state index in [0.29, 0.717) is 17.1 Å². The van der Waals surface area contributed by atoms with Crippen molar-refractivity contribution in [1.29, 1.82) is 5.26 Å². The minimum Gasteiger partial charge on any atom is -0.493 e. The zero-order valence-corrected chi connectivity index (χ0v) is 22.6. The van der Waals surface area contributed by atoms with Crippen LogP contribution in [0.5, 0.6) is 11.5 Å². The first-order valence-corrected chi connectivity index (χ1v) is 13.6. The molecule has 0 spiro atoms. The lowest BCUT2D eigenvalue weighted by atomic mass is 9.74. The van der Waals surface area contributed by atoms with E-state index >= 15 is 0 Å². The fourth-order valence-corrected chi connectivity index (χ4v) is 5.45. The van der Waals surface area contributed by atoms with Crippen molar-refractivity contribution >= 4 is 5.78 Å². The van der Waals surface area contributed by atoms with E-state index in [9.17, 15) is 14.4 Å². The number of unbranched alkanes of at least 4 members (excludes halogenated alkanes) is 3. The summed E-state index contributed by atoms with van der Waals surface area (Å²) in [6.07, 6.45) is 8.63. The van der Waals surface area contributed by atoms with Crippen LogP contribution in [0.1, 0.15) is 80.6 Å². The number of carbonyl (C=O) groups excluding carboxylic acids is 1. The molecule has 1 atom stereocenters. The second-order valence-corrected chi connectivity index (χ2v) is 10.2. The number of nitriles is 1. The lowest BCUT2D eigenvalue weighted by Gasteiger charge is -2.33. The topological polar surface area (TPSA) is 62.6 Å². The van der Waals surface area contributed by atoms with Crippen LogP contribution < -0.4 is 9.47 Å². The fraction of sp³-hybridized carbons (Fsp3) is 0.548. The van der Waals surface area contributed by atoms with Gasteiger partial charge in [0.25, 0.3) is 0 Å². The number of carbonyl (C=O) groups is 1. The van der Waals surface area contributed by atoms with E-state index < -0.39 is 5.41 Å². The quantitative estimate of drug-likeness (QED) is 0.204. The number of ketones is 1. The van der Waals surface area contributed by atoms with Crippen molar-refractivity contribution in [3.8, 4) is 17.6 Å². The van der Waals surface area contributed by atoms with Gasteiger partial charge in [-0.15, -0.1) is 0 Å². The highest BCUT2D eigenvalue weighted by molar-refractivity contribution is 5.97. The van der Waals surface area contributed by atoms with Crippen molar-refractivity contribution < 1.29 is 18.7 Å². The lowest BCUT2D eigenvalue weighted by Crippen LogP contribution is -2.37. The van der Waals surface area contributed by atoms with Gasteiger partial charge >= 0.3 is 0 Å². The first kappa shape index (κ1) is 28.7. The number of nitrogens with zero attached hydrogens (tertiary/aromatic N) is 2. The van der Waals surface area contributed by atoms with Gasteiger partial charge in [-0.1, -0.05) is 38.7 Å². The number of piperidine rings is 1. The van der Waals surface area contributed by atoms with E-state index in [1.54, 1.807) is 26.4 Å². The molecule has 0 radical (unpaired) electrons. The highest BCUT2D eigenvalue weighted by atomic mass is 19.1. The van der Waals surface area contributed by atoms with Gasteiger partial charge < -0.3 is 14.4 Å². The number of halogens is 1. The minimum absolute atomic E-state index is 0.00904. The Hall–Kier alpha value is -2.91. The summed E-state index contributed by atoms with van der Waals surface area (Å²) in [7, 11) is 3.25. The Morgan fingerprint density at radius 1 is 1.00 bits per heavy atom. The minimum atomic E-state index is -0.565. The summed E-state index contributed by atoms with van der Waals surface area (Å²) < 4.78 is 24.2. The second kappa shape index (κ2) is 14.1. The summed E-state index contributed by atoms with van der Waals surface area (Å²) in [5.41, 5.74) is 1.02. The molecule has 0 bridgehead atoms. The largest absolute Gasteiger partial charge is 0.493 e. The van der Waals surface area contributed by atoms with Gasteiger partial charge in [0.05, 0.1) is 25.7 Å². The van der Waals surface area contributed by atoms with Crippen molar-refractivity contribution in [1.82, 2.24) is 4.90 Å². The summed E-state index contributed by atoms with van der Waals surface area (Å²) >= 11 is 0. The SMILES string of the molecule is CCCCCCC(C#N)(CCCN1CCC(C(=O)c2ccc(F)cc2)CC1)c1ccc(OC)c(OC)c1. The normalized spacial score (nSPS) is 16.1. The Kier molecular flexibility index (Phi) is 11.0. The van der Waals surface area contributed by atoms with Crippen LogP contribution in [0.3, 0.4) is 0 Å². The maximum atomic E-state index is 13.2. The summed E-state index contributed by atoms with van der Waals surface area (Å²) in [4.78, 5) is 15.2. The van der Waals surface area contributed by atoms with Crippen molar-refractivity contribution in [3.05, 3.63) is 59.4 Å². The highest BCUT2D eigenvalue weighted by Crippen LogP contribution is 2.39. The highest BCUT2D eigenvalue weighted by Gasteiger charge is 2.33. The third kappa shape index (κ3) is 7.55. The molecule has 1 aliphatic rings. The molecule has 1 aliphatic heterocycles. The Morgan fingerprint density at radius 2 is 1.68 bits per heavy atom. The van der Waals surface area contributed by atoms with Crippen LogP contribution in [-0.4, -0.2) is 44.5 Å². The van der Waals surface area contributed by atoms with Gasteiger partial charge in [0, 0.05) is 11.5 Å². The molecule has 200 valence electrons. The van der Waals surface area contributed by atoms with E-state index in [1.165, 1.54) is 18.6 Å². The maximum Gasteiger partial charge on any atom is 0.166 e. The lowest BCUT2D eigenvalue weighted by molar-refractivity contribution is 0.0838. The Balaban J connectivity index is 1.61. The first-order chi connectivity index (χ1) is 18.0. The van der Waals surface area contributed by atoms with E-state index in [-0.39, 0.29) is 17.5 Å². The third-order valence-electron chi connectivity index (χ3n) is 7.77.